The van der Waals surface area contributed by atoms with Crippen LogP contribution in [0.1, 0.15) is 37.8 Å². The lowest BCUT2D eigenvalue weighted by atomic mass is 9.92. The third-order valence-electron chi connectivity index (χ3n) is 2.55. The normalized spacial score (nSPS) is 13.5. The molecule has 1 rings (SSSR count). The molecule has 0 saturated heterocycles. The van der Waals surface area contributed by atoms with Crippen LogP contribution in [-0.4, -0.2) is 16.2 Å². The number of hydrogen-bond donors (Lipinski definition) is 2. The molecule has 1 atom stereocenters. The minimum absolute atomic E-state index is 0.122. The van der Waals surface area contributed by atoms with E-state index in [-0.39, 0.29) is 11.3 Å². The molecule has 0 aliphatic heterocycles. The smallest absolute Gasteiger partial charge is 0.310 e. The summed E-state index contributed by atoms with van der Waals surface area (Å²) in [5.74, 6) is -2.03. The van der Waals surface area contributed by atoms with E-state index in [2.05, 4.69) is 0 Å². The van der Waals surface area contributed by atoms with Crippen molar-refractivity contribution in [1.29, 1.82) is 0 Å². The van der Waals surface area contributed by atoms with Crippen molar-refractivity contribution in [3.8, 4) is 5.75 Å². The third kappa shape index (κ3) is 2.51. The standard InChI is InChI=1S/C12H15FO3/c1-7(11(15)16)9-6-8(12(2,3)13)4-5-10(9)14/h4-7,14H,1-3H3,(H,15,16). The first-order chi connectivity index (χ1) is 7.23. The van der Waals surface area contributed by atoms with E-state index in [4.69, 9.17) is 5.11 Å². The van der Waals surface area contributed by atoms with Crippen LogP contribution in [0, 0.1) is 0 Å². The van der Waals surface area contributed by atoms with E-state index >= 15 is 0 Å². The summed E-state index contributed by atoms with van der Waals surface area (Å²) in [7, 11) is 0. The number of hydrogen-bond acceptors (Lipinski definition) is 2. The Morgan fingerprint density at radius 3 is 2.44 bits per heavy atom. The Labute approximate surface area is 93.5 Å². The fourth-order valence-corrected chi connectivity index (χ4v) is 1.40. The Hall–Kier alpha value is -1.58. The Morgan fingerprint density at radius 2 is 2.00 bits per heavy atom. The number of benzene rings is 1. The monoisotopic (exact) mass is 226 g/mol. The van der Waals surface area contributed by atoms with Gasteiger partial charge in [-0.3, -0.25) is 4.79 Å². The van der Waals surface area contributed by atoms with Gasteiger partial charge in [-0.1, -0.05) is 6.07 Å². The molecular formula is C12H15FO3. The lowest BCUT2D eigenvalue weighted by Gasteiger charge is -2.17. The van der Waals surface area contributed by atoms with Crippen molar-refractivity contribution in [3.63, 3.8) is 0 Å². The first-order valence-corrected chi connectivity index (χ1v) is 4.98. The fraction of sp³-hybridized carbons (Fsp3) is 0.417. The molecule has 0 heterocycles. The summed E-state index contributed by atoms with van der Waals surface area (Å²) in [6, 6.07) is 4.17. The lowest BCUT2D eigenvalue weighted by molar-refractivity contribution is -0.138. The van der Waals surface area contributed by atoms with E-state index in [1.165, 1.54) is 39.0 Å². The summed E-state index contributed by atoms with van der Waals surface area (Å²) in [5, 5.41) is 18.4. The summed E-state index contributed by atoms with van der Waals surface area (Å²) >= 11 is 0. The van der Waals surface area contributed by atoms with Crippen molar-refractivity contribution >= 4 is 5.97 Å². The van der Waals surface area contributed by atoms with Crippen molar-refractivity contribution in [3.05, 3.63) is 29.3 Å². The van der Waals surface area contributed by atoms with Gasteiger partial charge in [-0.2, -0.15) is 0 Å². The topological polar surface area (TPSA) is 57.5 Å². The Kier molecular flexibility index (Phi) is 3.21. The van der Waals surface area contributed by atoms with Crippen LogP contribution in [-0.2, 0) is 10.5 Å². The summed E-state index contributed by atoms with van der Waals surface area (Å²) in [4.78, 5) is 10.8. The molecule has 0 radical (unpaired) electrons. The summed E-state index contributed by atoms with van der Waals surface area (Å²) < 4.78 is 13.7. The number of phenols is 1. The highest BCUT2D eigenvalue weighted by Crippen LogP contribution is 2.32. The number of rotatable bonds is 3. The molecule has 0 aliphatic rings. The van der Waals surface area contributed by atoms with Crippen LogP contribution in [0.2, 0.25) is 0 Å². The highest BCUT2D eigenvalue weighted by Gasteiger charge is 2.23. The number of alkyl halides is 1. The Balaban J connectivity index is 3.24. The van der Waals surface area contributed by atoms with Gasteiger partial charge in [-0.25, -0.2) is 4.39 Å². The van der Waals surface area contributed by atoms with E-state index < -0.39 is 17.6 Å². The number of phenolic OH excluding ortho intramolecular Hbond substituents is 1. The number of carbonyl (C=O) groups is 1. The number of carboxylic acid groups (broad SMARTS) is 1. The molecule has 0 spiro atoms. The van der Waals surface area contributed by atoms with Gasteiger partial charge in [0, 0.05) is 5.56 Å². The summed E-state index contributed by atoms with van der Waals surface area (Å²) in [6.45, 7) is 4.22. The lowest BCUT2D eigenvalue weighted by Crippen LogP contribution is -2.12. The third-order valence-corrected chi connectivity index (χ3v) is 2.55. The second-order valence-corrected chi connectivity index (χ2v) is 4.31. The average Bonchev–Trinajstić information content (AvgIpc) is 2.15. The molecule has 16 heavy (non-hydrogen) atoms. The van der Waals surface area contributed by atoms with E-state index in [1.807, 2.05) is 0 Å². The number of aromatic hydroxyl groups is 1. The molecule has 1 aromatic rings. The maximum atomic E-state index is 13.7. The van der Waals surface area contributed by atoms with Gasteiger partial charge in [-0.15, -0.1) is 0 Å². The maximum absolute atomic E-state index is 13.7. The molecule has 4 heteroatoms. The quantitative estimate of drug-likeness (QED) is 0.833. The van der Waals surface area contributed by atoms with Crippen molar-refractivity contribution in [2.45, 2.75) is 32.4 Å². The second kappa shape index (κ2) is 4.12. The van der Waals surface area contributed by atoms with Crippen molar-refractivity contribution in [1.82, 2.24) is 0 Å². The Bertz CT molecular complexity index is 407. The van der Waals surface area contributed by atoms with Crippen LogP contribution < -0.4 is 0 Å². The number of carboxylic acids is 1. The SMILES string of the molecule is CC(C(=O)O)c1cc(C(C)(C)F)ccc1O. The van der Waals surface area contributed by atoms with Crippen LogP contribution in [0.15, 0.2) is 18.2 Å². The van der Waals surface area contributed by atoms with Crippen molar-refractivity contribution in [2.24, 2.45) is 0 Å². The first kappa shape index (κ1) is 12.5. The summed E-state index contributed by atoms with van der Waals surface area (Å²) in [5.41, 5.74) is -0.968. The van der Waals surface area contributed by atoms with Crippen LogP contribution in [0.3, 0.4) is 0 Å². The van der Waals surface area contributed by atoms with Crippen molar-refractivity contribution in [2.75, 3.05) is 0 Å². The summed E-state index contributed by atoms with van der Waals surface area (Å²) in [6.07, 6.45) is 0. The minimum Gasteiger partial charge on any atom is -0.508 e. The Morgan fingerprint density at radius 1 is 1.44 bits per heavy atom. The minimum atomic E-state index is -1.55. The molecule has 3 nitrogen and oxygen atoms in total. The van der Waals surface area contributed by atoms with Crippen LogP contribution in [0.25, 0.3) is 0 Å². The van der Waals surface area contributed by atoms with Crippen molar-refractivity contribution < 1.29 is 19.4 Å². The zero-order valence-corrected chi connectivity index (χ0v) is 9.49. The van der Waals surface area contributed by atoms with Gasteiger partial charge >= 0.3 is 5.97 Å². The van der Waals surface area contributed by atoms with Gasteiger partial charge < -0.3 is 10.2 Å². The number of halogens is 1. The second-order valence-electron chi connectivity index (χ2n) is 4.31. The average molecular weight is 226 g/mol. The van der Waals surface area contributed by atoms with Gasteiger partial charge in [0.05, 0.1) is 5.92 Å². The van der Waals surface area contributed by atoms with E-state index in [9.17, 15) is 14.3 Å². The van der Waals surface area contributed by atoms with Gasteiger partial charge in [-0.05, 0) is 38.5 Å². The van der Waals surface area contributed by atoms with Gasteiger partial charge in [0.1, 0.15) is 11.4 Å². The molecule has 0 saturated carbocycles. The molecule has 0 amide bonds. The molecule has 2 N–H and O–H groups in total. The molecule has 0 aliphatic carbocycles. The predicted octanol–water partition coefficient (Wildman–Crippen LogP) is 2.78. The molecule has 88 valence electrons. The zero-order valence-electron chi connectivity index (χ0n) is 9.49. The highest BCUT2D eigenvalue weighted by molar-refractivity contribution is 5.76. The molecule has 1 unspecified atom stereocenters. The van der Waals surface area contributed by atoms with Gasteiger partial charge in [0.25, 0.3) is 0 Å². The molecule has 1 aromatic carbocycles. The van der Waals surface area contributed by atoms with Crippen LogP contribution >= 0.6 is 0 Å². The highest BCUT2D eigenvalue weighted by atomic mass is 19.1. The first-order valence-electron chi connectivity index (χ1n) is 4.98. The van der Waals surface area contributed by atoms with E-state index in [1.54, 1.807) is 0 Å². The fourth-order valence-electron chi connectivity index (χ4n) is 1.40. The predicted molar refractivity (Wildman–Crippen MR) is 58.3 cm³/mol. The zero-order chi connectivity index (χ0) is 12.5. The molecule has 0 bridgehead atoms. The van der Waals surface area contributed by atoms with E-state index in [0.717, 1.165) is 0 Å². The van der Waals surface area contributed by atoms with E-state index in [0.29, 0.717) is 5.56 Å². The van der Waals surface area contributed by atoms with Gasteiger partial charge in [0.2, 0.25) is 0 Å². The maximum Gasteiger partial charge on any atom is 0.310 e. The molecule has 0 aromatic heterocycles. The largest absolute Gasteiger partial charge is 0.508 e. The number of aliphatic carboxylic acids is 1. The van der Waals surface area contributed by atoms with Gasteiger partial charge in [0.15, 0.2) is 0 Å². The molecule has 0 fully saturated rings. The van der Waals surface area contributed by atoms with Crippen LogP contribution in [0.4, 0.5) is 4.39 Å². The molecular weight excluding hydrogens is 211 g/mol. The van der Waals surface area contributed by atoms with Crippen LogP contribution in [0.5, 0.6) is 5.75 Å².